The molecule has 2 N–H and O–H groups in total. The van der Waals surface area contributed by atoms with E-state index >= 15 is 0 Å². The number of nitrogens with zero attached hydrogens (tertiary/aromatic N) is 2. The van der Waals surface area contributed by atoms with Crippen LogP contribution in [0, 0.1) is 0 Å². The summed E-state index contributed by atoms with van der Waals surface area (Å²) in [6, 6.07) is 12.2. The Balaban J connectivity index is 1.76. The molecule has 0 unspecified atom stereocenters. The molecule has 1 heterocycles. The first-order valence-corrected chi connectivity index (χ1v) is 8.68. The zero-order chi connectivity index (χ0) is 18.3. The van der Waals surface area contributed by atoms with Gasteiger partial charge in [0.1, 0.15) is 5.82 Å². The van der Waals surface area contributed by atoms with Gasteiger partial charge in [-0.1, -0.05) is 23.7 Å². The highest BCUT2D eigenvalue weighted by atomic mass is 35.5. The number of rotatable bonds is 4. The number of hydroxylamine groups is 1. The third kappa shape index (κ3) is 3.09. The average molecular weight is 370 g/mol. The molecule has 1 amide bonds. The maximum atomic E-state index is 12.9. The van der Waals surface area contributed by atoms with Crippen LogP contribution in [-0.4, -0.2) is 20.7 Å². The molecule has 0 atom stereocenters. The molecule has 1 fully saturated rings. The van der Waals surface area contributed by atoms with Gasteiger partial charge in [-0.15, -0.1) is 0 Å². The molecule has 26 heavy (non-hydrogen) atoms. The van der Waals surface area contributed by atoms with E-state index in [4.69, 9.17) is 21.8 Å². The molecule has 0 spiro atoms. The lowest BCUT2D eigenvalue weighted by molar-refractivity contribution is 0.0706. The van der Waals surface area contributed by atoms with E-state index < -0.39 is 5.91 Å². The van der Waals surface area contributed by atoms with Gasteiger partial charge in [0.05, 0.1) is 10.9 Å². The fraction of sp³-hybridized carbons (Fsp3) is 0.211. The van der Waals surface area contributed by atoms with Gasteiger partial charge in [0.25, 0.3) is 11.5 Å². The lowest BCUT2D eigenvalue weighted by atomic mass is 10.1. The van der Waals surface area contributed by atoms with E-state index in [0.29, 0.717) is 33.7 Å². The van der Waals surface area contributed by atoms with Crippen LogP contribution in [0.25, 0.3) is 10.9 Å². The van der Waals surface area contributed by atoms with Gasteiger partial charge in [0.15, 0.2) is 0 Å². The van der Waals surface area contributed by atoms with Crippen molar-refractivity contribution in [1.29, 1.82) is 0 Å². The Morgan fingerprint density at radius 2 is 1.96 bits per heavy atom. The zero-order valence-electron chi connectivity index (χ0n) is 13.8. The van der Waals surface area contributed by atoms with Gasteiger partial charge >= 0.3 is 0 Å². The van der Waals surface area contributed by atoms with Crippen molar-refractivity contribution in [2.75, 3.05) is 0 Å². The summed E-state index contributed by atoms with van der Waals surface area (Å²) in [5.41, 5.74) is 3.45. The number of hydrogen-bond acceptors (Lipinski definition) is 4. The summed E-state index contributed by atoms with van der Waals surface area (Å²) in [6.45, 7) is 0. The summed E-state index contributed by atoms with van der Waals surface area (Å²) >= 11 is 6.03. The first kappa shape index (κ1) is 16.8. The smallest absolute Gasteiger partial charge is 0.274 e. The molecule has 0 aliphatic heterocycles. The molecular weight excluding hydrogens is 354 g/mol. The van der Waals surface area contributed by atoms with E-state index in [1.807, 2.05) is 0 Å². The van der Waals surface area contributed by atoms with Crippen molar-refractivity contribution in [3.05, 3.63) is 74.8 Å². The van der Waals surface area contributed by atoms with Gasteiger partial charge in [-0.3, -0.25) is 19.4 Å². The van der Waals surface area contributed by atoms with Gasteiger partial charge < -0.3 is 0 Å². The standard InChI is InChI=1S/C19H16ClN3O3/c20-13-5-8-16-15(10-13)19(25)23(14-6-7-14)17(21-16)9-11-1-3-12(4-2-11)18(24)22-26/h1-5,8,10,14,26H,6-7,9H2,(H,22,24). The van der Waals surface area contributed by atoms with Crippen molar-refractivity contribution in [3.8, 4) is 0 Å². The number of benzene rings is 2. The van der Waals surface area contributed by atoms with Crippen LogP contribution < -0.4 is 11.0 Å². The molecule has 1 saturated carbocycles. The van der Waals surface area contributed by atoms with Gasteiger partial charge in [-0.05, 0) is 48.7 Å². The van der Waals surface area contributed by atoms with E-state index in [1.54, 1.807) is 52.5 Å². The highest BCUT2D eigenvalue weighted by Crippen LogP contribution is 2.35. The zero-order valence-corrected chi connectivity index (χ0v) is 14.5. The van der Waals surface area contributed by atoms with Crippen LogP contribution in [0.1, 0.15) is 40.6 Å². The molecule has 0 bridgehead atoms. The molecule has 1 aliphatic rings. The van der Waals surface area contributed by atoms with Gasteiger partial charge in [0, 0.05) is 23.0 Å². The largest absolute Gasteiger partial charge is 0.293 e. The number of hydrogen-bond donors (Lipinski definition) is 2. The molecule has 7 heteroatoms. The van der Waals surface area contributed by atoms with Crippen LogP contribution in [0.4, 0.5) is 0 Å². The molecule has 0 radical (unpaired) electrons. The summed E-state index contributed by atoms with van der Waals surface area (Å²) in [5.74, 6) is 0.138. The quantitative estimate of drug-likeness (QED) is 0.546. The lowest BCUT2D eigenvalue weighted by Gasteiger charge is -2.13. The van der Waals surface area contributed by atoms with Crippen LogP contribution in [0.5, 0.6) is 0 Å². The predicted octanol–water partition coefficient (Wildman–Crippen LogP) is 3.09. The normalized spacial score (nSPS) is 13.8. The molecule has 2 aromatic carbocycles. The first-order chi connectivity index (χ1) is 12.6. The van der Waals surface area contributed by atoms with Crippen molar-refractivity contribution in [2.24, 2.45) is 0 Å². The van der Waals surface area contributed by atoms with Gasteiger partial charge in [-0.2, -0.15) is 0 Å². The molecule has 3 aromatic rings. The monoisotopic (exact) mass is 369 g/mol. The van der Waals surface area contributed by atoms with Crippen LogP contribution in [0.2, 0.25) is 5.02 Å². The van der Waals surface area contributed by atoms with Crippen LogP contribution in [-0.2, 0) is 6.42 Å². The molecule has 6 nitrogen and oxygen atoms in total. The highest BCUT2D eigenvalue weighted by molar-refractivity contribution is 6.31. The summed E-state index contributed by atoms with van der Waals surface area (Å²) in [4.78, 5) is 29.1. The van der Waals surface area contributed by atoms with Crippen molar-refractivity contribution < 1.29 is 10.0 Å². The van der Waals surface area contributed by atoms with Crippen LogP contribution in [0.15, 0.2) is 47.3 Å². The van der Waals surface area contributed by atoms with E-state index in [9.17, 15) is 9.59 Å². The number of amides is 1. The number of carbonyl (C=O) groups is 1. The summed E-state index contributed by atoms with van der Waals surface area (Å²) in [7, 11) is 0. The number of aromatic nitrogens is 2. The highest BCUT2D eigenvalue weighted by Gasteiger charge is 2.28. The van der Waals surface area contributed by atoms with Gasteiger partial charge in [-0.25, -0.2) is 10.5 Å². The Morgan fingerprint density at radius 3 is 2.62 bits per heavy atom. The lowest BCUT2D eigenvalue weighted by Crippen LogP contribution is -2.25. The second kappa shape index (κ2) is 6.55. The van der Waals surface area contributed by atoms with Crippen molar-refractivity contribution >= 4 is 28.4 Å². The van der Waals surface area contributed by atoms with Crippen molar-refractivity contribution in [2.45, 2.75) is 25.3 Å². The Kier molecular flexibility index (Phi) is 4.22. The summed E-state index contributed by atoms with van der Waals surface area (Å²) < 4.78 is 1.77. The Bertz CT molecular complexity index is 1060. The molecule has 1 aromatic heterocycles. The van der Waals surface area contributed by atoms with Crippen molar-refractivity contribution in [1.82, 2.24) is 15.0 Å². The maximum absolute atomic E-state index is 12.9. The molecule has 0 saturated heterocycles. The Hall–Kier alpha value is -2.70. The van der Waals surface area contributed by atoms with Crippen LogP contribution >= 0.6 is 11.6 Å². The SMILES string of the molecule is O=C(NO)c1ccc(Cc2nc3ccc(Cl)cc3c(=O)n2C2CC2)cc1. The second-order valence-corrected chi connectivity index (χ2v) is 6.85. The minimum Gasteiger partial charge on any atom is -0.293 e. The Morgan fingerprint density at radius 1 is 1.23 bits per heavy atom. The van der Waals surface area contributed by atoms with E-state index in [2.05, 4.69) is 0 Å². The van der Waals surface area contributed by atoms with E-state index in [0.717, 1.165) is 18.4 Å². The third-order valence-corrected chi connectivity index (χ3v) is 4.76. The number of halogens is 1. The summed E-state index contributed by atoms with van der Waals surface area (Å²) in [5, 5.41) is 9.74. The first-order valence-electron chi connectivity index (χ1n) is 8.31. The van der Waals surface area contributed by atoms with E-state index in [-0.39, 0.29) is 11.6 Å². The topological polar surface area (TPSA) is 84.2 Å². The average Bonchev–Trinajstić information content (AvgIpc) is 3.47. The molecule has 132 valence electrons. The maximum Gasteiger partial charge on any atom is 0.274 e. The van der Waals surface area contributed by atoms with Gasteiger partial charge in [0.2, 0.25) is 0 Å². The molecular formula is C19H16ClN3O3. The number of carbonyl (C=O) groups excluding carboxylic acids is 1. The second-order valence-electron chi connectivity index (χ2n) is 6.41. The number of nitrogens with one attached hydrogen (secondary N) is 1. The van der Waals surface area contributed by atoms with Crippen LogP contribution in [0.3, 0.4) is 0 Å². The molecule has 4 rings (SSSR count). The minimum absolute atomic E-state index is 0.0636. The summed E-state index contributed by atoms with van der Waals surface area (Å²) in [6.07, 6.45) is 2.41. The Labute approximate surface area is 154 Å². The fourth-order valence-electron chi connectivity index (χ4n) is 3.07. The van der Waals surface area contributed by atoms with Crippen molar-refractivity contribution in [3.63, 3.8) is 0 Å². The van der Waals surface area contributed by atoms with E-state index in [1.165, 1.54) is 0 Å². The molecule has 1 aliphatic carbocycles. The fourth-order valence-corrected chi connectivity index (χ4v) is 3.24. The minimum atomic E-state index is -0.563. The number of fused-ring (bicyclic) bond motifs is 1. The third-order valence-electron chi connectivity index (χ3n) is 4.53. The predicted molar refractivity (Wildman–Crippen MR) is 97.8 cm³/mol.